The monoisotopic (exact) mass is 775 g/mol. The number of fused-ring (bicyclic) bond motifs is 1. The molecule has 0 bridgehead atoms. The number of hydrogen-bond donors (Lipinski definition) is 8. The Bertz CT molecular complexity index is 1680. The number of carbonyl (C=O) groups excluding carboxylic acids is 1. The normalized spacial score (nSPS) is 23.7. The molecule has 0 saturated carbocycles. The molecule has 22 nitrogen and oxygen atoms in total. The highest BCUT2D eigenvalue weighted by Gasteiger charge is 2.49. The second kappa shape index (κ2) is 16.1. The predicted octanol–water partition coefficient (Wildman–Crippen LogP) is 0.938. The van der Waals surface area contributed by atoms with Crippen LogP contribution in [0.3, 0.4) is 0 Å². The Balaban J connectivity index is 1.59. The number of imidazole rings is 1. The Morgan fingerprint density at radius 3 is 2.42 bits per heavy atom. The zero-order valence-electron chi connectivity index (χ0n) is 28.1. The fraction of sp³-hybridized carbons (Fsp3) is 0.720. The van der Waals surface area contributed by atoms with Crippen LogP contribution in [0, 0.1) is 5.41 Å². The van der Waals surface area contributed by atoms with Crippen LogP contribution in [0.4, 0.5) is 5.82 Å². The zero-order valence-corrected chi connectivity index (χ0v) is 30.8. The number of nitrogens with one attached hydrogen (secondary N) is 1. The number of ether oxygens (including phenoxy) is 1. The van der Waals surface area contributed by atoms with Crippen LogP contribution in [0.15, 0.2) is 17.8 Å². The van der Waals surface area contributed by atoms with Crippen molar-refractivity contribution < 1.29 is 71.2 Å². The number of rotatable bonds is 17. The maximum Gasteiger partial charge on any atom is 0.479 e. The van der Waals surface area contributed by atoms with Crippen molar-refractivity contribution in [1.29, 1.82) is 0 Å². The van der Waals surface area contributed by atoms with Gasteiger partial charge in [0.05, 0.1) is 30.9 Å². The topological polar surface area (TPSA) is 330 Å². The molecule has 0 spiro atoms. The van der Waals surface area contributed by atoms with Gasteiger partial charge in [0.2, 0.25) is 5.91 Å². The highest BCUT2D eigenvalue weighted by molar-refractivity contribution is 7.64. The van der Waals surface area contributed by atoms with Gasteiger partial charge in [0.25, 0.3) is 0 Å². The fourth-order valence-corrected chi connectivity index (χ4v) is 7.91. The first kappa shape index (κ1) is 42.0. The van der Waals surface area contributed by atoms with Crippen molar-refractivity contribution in [3.05, 3.63) is 12.7 Å². The van der Waals surface area contributed by atoms with E-state index in [1.54, 1.807) is 6.92 Å². The molecule has 1 aliphatic rings. The number of nitrogens with zero attached hydrogens (tertiary/aromatic N) is 5. The Morgan fingerprint density at radius 2 is 1.80 bits per heavy atom. The van der Waals surface area contributed by atoms with E-state index in [9.17, 15) is 48.3 Å². The SMILES string of the molecule is C/C(CCNC(=O)[C@@H](O)C(C)(C)COP(=O)(O)OP(=O)(O)CCC1OC(n2cnc3c(N)ncnc32)C(O)C1OP(=O)(O)O)=N\OC(C)(C)C. The van der Waals surface area contributed by atoms with Gasteiger partial charge in [0.1, 0.15) is 35.8 Å². The van der Waals surface area contributed by atoms with Crippen LogP contribution in [0.5, 0.6) is 0 Å². The summed E-state index contributed by atoms with van der Waals surface area (Å²) in [5.74, 6) is -0.830. The van der Waals surface area contributed by atoms with E-state index in [0.29, 0.717) is 12.1 Å². The molecular formula is C25H44N7O15P3. The van der Waals surface area contributed by atoms with Crippen LogP contribution < -0.4 is 11.1 Å². The summed E-state index contributed by atoms with van der Waals surface area (Å²) in [5.41, 5.74) is 4.58. The van der Waals surface area contributed by atoms with E-state index in [4.69, 9.17) is 24.4 Å². The molecule has 50 heavy (non-hydrogen) atoms. The zero-order chi connectivity index (χ0) is 37.9. The number of oxime groups is 1. The minimum absolute atomic E-state index is 0.00473. The maximum absolute atomic E-state index is 12.9. The molecule has 6 unspecified atom stereocenters. The summed E-state index contributed by atoms with van der Waals surface area (Å²) in [7, 11) is -15.6. The maximum atomic E-state index is 12.9. The van der Waals surface area contributed by atoms with Crippen LogP contribution >= 0.6 is 23.2 Å². The van der Waals surface area contributed by atoms with Crippen molar-refractivity contribution in [3.8, 4) is 0 Å². The van der Waals surface area contributed by atoms with E-state index in [1.165, 1.54) is 24.7 Å². The van der Waals surface area contributed by atoms with E-state index >= 15 is 0 Å². The van der Waals surface area contributed by atoms with E-state index in [-0.39, 0.29) is 23.5 Å². The fourth-order valence-electron chi connectivity index (χ4n) is 4.45. The average Bonchev–Trinajstić information content (AvgIpc) is 3.53. The lowest BCUT2D eigenvalue weighted by molar-refractivity contribution is -0.136. The van der Waals surface area contributed by atoms with Crippen LogP contribution in [-0.2, 0) is 41.4 Å². The number of aliphatic hydroxyl groups is 2. The molecule has 25 heteroatoms. The molecule has 1 aliphatic heterocycles. The number of carbonyl (C=O) groups is 1. The Labute approximate surface area is 286 Å². The third-order valence-electron chi connectivity index (χ3n) is 7.01. The number of phosphoric acid groups is 2. The molecule has 3 rings (SSSR count). The summed E-state index contributed by atoms with van der Waals surface area (Å²) < 4.78 is 58.2. The smallest absolute Gasteiger partial charge is 0.390 e. The first-order chi connectivity index (χ1) is 22.8. The summed E-state index contributed by atoms with van der Waals surface area (Å²) in [5, 5.41) is 27.9. The first-order valence-electron chi connectivity index (χ1n) is 15.0. The lowest BCUT2D eigenvalue weighted by atomic mass is 9.87. The number of aromatic nitrogens is 4. The molecular weight excluding hydrogens is 731 g/mol. The number of nitrogens with two attached hydrogens (primary N) is 1. The minimum Gasteiger partial charge on any atom is -0.390 e. The summed E-state index contributed by atoms with van der Waals surface area (Å²) >= 11 is 0. The van der Waals surface area contributed by atoms with Gasteiger partial charge in [-0.15, -0.1) is 0 Å². The van der Waals surface area contributed by atoms with Gasteiger partial charge in [-0.3, -0.25) is 23.0 Å². The molecule has 2 aromatic heterocycles. The van der Waals surface area contributed by atoms with Gasteiger partial charge in [0.15, 0.2) is 17.7 Å². The number of anilines is 1. The second-order valence-electron chi connectivity index (χ2n) is 13.1. The van der Waals surface area contributed by atoms with Crippen LogP contribution in [0.1, 0.15) is 60.6 Å². The first-order valence-corrected chi connectivity index (χ1v) is 19.8. The number of aliphatic hydroxyl groups excluding tert-OH is 2. The number of nitrogen functional groups attached to an aromatic ring is 1. The van der Waals surface area contributed by atoms with E-state index in [2.05, 4.69) is 29.7 Å². The highest BCUT2D eigenvalue weighted by Crippen LogP contribution is 2.61. The molecule has 0 radical (unpaired) electrons. The van der Waals surface area contributed by atoms with Gasteiger partial charge >= 0.3 is 23.2 Å². The van der Waals surface area contributed by atoms with Crippen molar-refractivity contribution in [1.82, 2.24) is 24.8 Å². The second-order valence-corrected chi connectivity index (χ2v) is 17.9. The van der Waals surface area contributed by atoms with Crippen molar-refractivity contribution in [2.24, 2.45) is 10.6 Å². The largest absolute Gasteiger partial charge is 0.479 e. The average molecular weight is 776 g/mol. The lowest BCUT2D eigenvalue weighted by Gasteiger charge is -2.30. The van der Waals surface area contributed by atoms with Crippen LogP contribution in [-0.4, -0.2) is 110 Å². The Kier molecular flexibility index (Phi) is 13.5. The molecule has 3 heterocycles. The Morgan fingerprint density at radius 1 is 1.14 bits per heavy atom. The minimum atomic E-state index is -5.31. The van der Waals surface area contributed by atoms with Crippen molar-refractivity contribution in [2.45, 2.75) is 90.6 Å². The van der Waals surface area contributed by atoms with Crippen molar-refractivity contribution >= 4 is 51.8 Å². The third kappa shape index (κ3) is 12.1. The molecule has 1 fully saturated rings. The van der Waals surface area contributed by atoms with E-state index < -0.39 is 90.0 Å². The molecule has 2 aromatic rings. The lowest BCUT2D eigenvalue weighted by Crippen LogP contribution is -2.46. The standard InChI is InChI=1S/C25H44N7O15P3/c1-14(31-46-24(2,3)4)7-9-27-22(35)19(34)25(5,6)11-43-50(41,42)47-48(36,37)10-8-15-18(45-49(38,39)40)17(33)23(44-15)32-13-30-16-20(26)28-12-29-21(16)32/h12-13,15,17-19,23,33-34H,7-11H2,1-6H3,(H,27,35)(H,36,37)(H,41,42)(H2,26,28,29)(H2,38,39,40)/b31-14+/t15?,17?,18?,19-,23?/m1/s1. The summed E-state index contributed by atoms with van der Waals surface area (Å²) in [6, 6.07) is 0. The van der Waals surface area contributed by atoms with Crippen molar-refractivity contribution in [2.75, 3.05) is 25.0 Å². The molecule has 0 aromatic carbocycles. The van der Waals surface area contributed by atoms with Gasteiger partial charge in [-0.25, -0.2) is 28.4 Å². The molecule has 284 valence electrons. The molecule has 1 saturated heterocycles. The van der Waals surface area contributed by atoms with E-state index in [0.717, 1.165) is 6.33 Å². The van der Waals surface area contributed by atoms with E-state index in [1.807, 2.05) is 20.8 Å². The number of hydrogen-bond acceptors (Lipinski definition) is 16. The quantitative estimate of drug-likeness (QED) is 0.0629. The van der Waals surface area contributed by atoms with Gasteiger partial charge in [-0.1, -0.05) is 19.0 Å². The molecule has 0 aliphatic carbocycles. The van der Waals surface area contributed by atoms with Crippen LogP contribution in [0.25, 0.3) is 11.2 Å². The third-order valence-corrected chi connectivity index (χ3v) is 10.6. The summed E-state index contributed by atoms with van der Waals surface area (Å²) in [6.07, 6.45) is -7.14. The molecule has 7 atom stereocenters. The Hall–Kier alpha value is -2.42. The van der Waals surface area contributed by atoms with Gasteiger partial charge in [0, 0.05) is 18.4 Å². The van der Waals surface area contributed by atoms with Gasteiger partial charge in [-0.2, -0.15) is 0 Å². The summed E-state index contributed by atoms with van der Waals surface area (Å²) in [4.78, 5) is 69.1. The highest BCUT2D eigenvalue weighted by atomic mass is 31.3. The number of amides is 1. The van der Waals surface area contributed by atoms with Gasteiger partial charge < -0.3 is 50.4 Å². The molecule has 9 N–H and O–H groups in total. The van der Waals surface area contributed by atoms with Gasteiger partial charge in [-0.05, 0) is 34.1 Å². The van der Waals surface area contributed by atoms with Crippen LogP contribution in [0.2, 0.25) is 0 Å². The van der Waals surface area contributed by atoms with Crippen molar-refractivity contribution in [3.63, 3.8) is 0 Å². The number of phosphoric ester groups is 2. The summed E-state index contributed by atoms with van der Waals surface area (Å²) in [6.45, 7) is 9.13. The predicted molar refractivity (Wildman–Crippen MR) is 174 cm³/mol. The molecule has 1 amide bonds.